The maximum absolute atomic E-state index is 13.2. The number of halogens is 1. The summed E-state index contributed by atoms with van der Waals surface area (Å²) in [5.41, 5.74) is 3.21. The number of carbonyl (C=O) groups excluding carboxylic acids is 1. The Hall–Kier alpha value is -2.60. The Labute approximate surface area is 156 Å². The summed E-state index contributed by atoms with van der Waals surface area (Å²) in [7, 11) is 1.83. The molecule has 2 aromatic heterocycles. The third-order valence-corrected chi connectivity index (χ3v) is 4.94. The van der Waals surface area contributed by atoms with E-state index in [9.17, 15) is 4.79 Å². The van der Waals surface area contributed by atoms with Crippen LogP contribution in [0.5, 0.6) is 0 Å². The van der Waals surface area contributed by atoms with Gasteiger partial charge < -0.3 is 0 Å². The molecule has 0 radical (unpaired) electrons. The summed E-state index contributed by atoms with van der Waals surface area (Å²) in [4.78, 5) is 14.9. The number of aromatic amines is 1. The normalized spacial score (nSPS) is 16.6. The monoisotopic (exact) mass is 369 g/mol. The molecule has 1 aliphatic rings. The summed E-state index contributed by atoms with van der Waals surface area (Å²) < 4.78 is 1.69. The Morgan fingerprint density at radius 1 is 1.27 bits per heavy atom. The van der Waals surface area contributed by atoms with Crippen molar-refractivity contribution in [1.82, 2.24) is 20.0 Å². The van der Waals surface area contributed by atoms with Crippen LogP contribution >= 0.6 is 11.6 Å². The number of benzene rings is 1. The molecule has 0 saturated heterocycles. The zero-order valence-corrected chi connectivity index (χ0v) is 15.7. The first-order valence-electron chi connectivity index (χ1n) is 8.62. The molecule has 26 heavy (non-hydrogen) atoms. The van der Waals surface area contributed by atoms with Crippen molar-refractivity contribution in [2.24, 2.45) is 13.0 Å². The van der Waals surface area contributed by atoms with Crippen molar-refractivity contribution in [2.75, 3.05) is 4.90 Å². The SMILES string of the molecule is CC(C)Cc1n[nH]c2c1C(c1ccccc1Cl)N(c1ccn(C)n1)C2=O. The molecule has 4 rings (SSSR count). The zero-order valence-electron chi connectivity index (χ0n) is 14.9. The number of hydrogen-bond acceptors (Lipinski definition) is 3. The molecule has 7 heteroatoms. The molecule has 3 aromatic rings. The summed E-state index contributed by atoms with van der Waals surface area (Å²) in [5.74, 6) is 0.891. The Bertz CT molecular complexity index is 974. The molecule has 1 atom stereocenters. The number of fused-ring (bicyclic) bond motifs is 1. The van der Waals surface area contributed by atoms with Gasteiger partial charge in [0.25, 0.3) is 5.91 Å². The third-order valence-electron chi connectivity index (χ3n) is 4.59. The number of carbonyl (C=O) groups is 1. The van der Waals surface area contributed by atoms with Crippen molar-refractivity contribution in [3.05, 3.63) is 64.1 Å². The lowest BCUT2D eigenvalue weighted by molar-refractivity contribution is 0.0988. The van der Waals surface area contributed by atoms with Gasteiger partial charge in [0.15, 0.2) is 5.82 Å². The second-order valence-corrected chi connectivity index (χ2v) is 7.41. The zero-order chi connectivity index (χ0) is 18.4. The highest BCUT2D eigenvalue weighted by molar-refractivity contribution is 6.31. The lowest BCUT2D eigenvalue weighted by Gasteiger charge is -2.25. The van der Waals surface area contributed by atoms with E-state index < -0.39 is 0 Å². The number of anilines is 1. The summed E-state index contributed by atoms with van der Waals surface area (Å²) in [6, 6.07) is 9.12. The van der Waals surface area contributed by atoms with Crippen LogP contribution in [0.2, 0.25) is 5.02 Å². The number of H-pyrrole nitrogens is 1. The lowest BCUT2D eigenvalue weighted by atomic mass is 9.95. The first-order valence-corrected chi connectivity index (χ1v) is 9.00. The largest absolute Gasteiger partial charge is 0.278 e. The van der Waals surface area contributed by atoms with Crippen LogP contribution in [0, 0.1) is 5.92 Å². The third kappa shape index (κ3) is 2.61. The van der Waals surface area contributed by atoms with Gasteiger partial charge in [-0.3, -0.25) is 19.5 Å². The quantitative estimate of drug-likeness (QED) is 0.761. The fourth-order valence-corrected chi connectivity index (χ4v) is 3.75. The van der Waals surface area contributed by atoms with E-state index in [1.165, 1.54) is 0 Å². The van der Waals surface area contributed by atoms with E-state index in [4.69, 9.17) is 11.6 Å². The summed E-state index contributed by atoms with van der Waals surface area (Å²) in [6.45, 7) is 4.28. The van der Waals surface area contributed by atoms with Crippen molar-refractivity contribution < 1.29 is 4.79 Å². The van der Waals surface area contributed by atoms with Gasteiger partial charge in [0.05, 0.1) is 11.7 Å². The van der Waals surface area contributed by atoms with E-state index in [1.807, 2.05) is 43.6 Å². The standard InChI is InChI=1S/C19H20ClN5O/c1-11(2)10-14-16-17(22-21-14)19(26)25(15-8-9-24(3)23-15)18(16)12-6-4-5-7-13(12)20/h4-9,11,18H,10H2,1-3H3,(H,21,22). The van der Waals surface area contributed by atoms with E-state index in [1.54, 1.807) is 9.58 Å². The number of nitrogens with one attached hydrogen (secondary N) is 1. The van der Waals surface area contributed by atoms with Gasteiger partial charge in [0, 0.05) is 29.9 Å². The molecule has 0 saturated carbocycles. The van der Waals surface area contributed by atoms with Crippen LogP contribution in [-0.2, 0) is 13.5 Å². The van der Waals surface area contributed by atoms with Crippen molar-refractivity contribution in [1.29, 1.82) is 0 Å². The molecule has 1 aromatic carbocycles. The Balaban J connectivity index is 1.92. The molecule has 6 nitrogen and oxygen atoms in total. The van der Waals surface area contributed by atoms with Gasteiger partial charge in [0.2, 0.25) is 0 Å². The summed E-state index contributed by atoms with van der Waals surface area (Å²) in [5, 5.41) is 12.4. The Morgan fingerprint density at radius 2 is 2.04 bits per heavy atom. The van der Waals surface area contributed by atoms with Gasteiger partial charge in [-0.05, 0) is 24.0 Å². The number of aryl methyl sites for hydroxylation is 1. The van der Waals surface area contributed by atoms with E-state index in [0.29, 0.717) is 22.5 Å². The minimum atomic E-state index is -0.339. The number of aromatic nitrogens is 4. The molecule has 1 N–H and O–H groups in total. The molecule has 3 heterocycles. The average molecular weight is 370 g/mol. The summed E-state index contributed by atoms with van der Waals surface area (Å²) >= 11 is 6.51. The smallest absolute Gasteiger partial charge is 0.278 e. The molecule has 134 valence electrons. The molecule has 0 bridgehead atoms. The molecule has 1 unspecified atom stereocenters. The number of nitrogens with zero attached hydrogens (tertiary/aromatic N) is 4. The lowest BCUT2D eigenvalue weighted by Crippen LogP contribution is -2.30. The fraction of sp³-hybridized carbons (Fsp3) is 0.316. The number of hydrogen-bond donors (Lipinski definition) is 1. The molecule has 0 spiro atoms. The van der Waals surface area contributed by atoms with Gasteiger partial charge >= 0.3 is 0 Å². The highest BCUT2D eigenvalue weighted by atomic mass is 35.5. The van der Waals surface area contributed by atoms with Crippen molar-refractivity contribution >= 4 is 23.3 Å². The van der Waals surface area contributed by atoms with E-state index in [-0.39, 0.29) is 11.9 Å². The van der Waals surface area contributed by atoms with Gasteiger partial charge in [0.1, 0.15) is 5.69 Å². The number of rotatable bonds is 4. The first kappa shape index (κ1) is 16.8. The maximum Gasteiger partial charge on any atom is 0.278 e. The summed E-state index contributed by atoms with van der Waals surface area (Å²) in [6.07, 6.45) is 2.61. The molecule has 0 fully saturated rings. The van der Waals surface area contributed by atoms with Crippen LogP contribution in [0.15, 0.2) is 36.5 Å². The second-order valence-electron chi connectivity index (χ2n) is 7.00. The Kier molecular flexibility index (Phi) is 4.07. The topological polar surface area (TPSA) is 66.8 Å². The molecular formula is C19H20ClN5O. The minimum absolute atomic E-state index is 0.133. The predicted octanol–water partition coefficient (Wildman–Crippen LogP) is 3.74. The minimum Gasteiger partial charge on any atom is -0.278 e. The predicted molar refractivity (Wildman–Crippen MR) is 100 cm³/mol. The van der Waals surface area contributed by atoms with Gasteiger partial charge in [-0.15, -0.1) is 0 Å². The molecular weight excluding hydrogens is 350 g/mol. The van der Waals surface area contributed by atoms with Crippen molar-refractivity contribution in [3.63, 3.8) is 0 Å². The van der Waals surface area contributed by atoms with E-state index in [0.717, 1.165) is 23.2 Å². The highest BCUT2D eigenvalue weighted by Crippen LogP contribution is 2.44. The van der Waals surface area contributed by atoms with Crippen LogP contribution < -0.4 is 4.90 Å². The molecule has 1 amide bonds. The molecule has 0 aliphatic carbocycles. The van der Waals surface area contributed by atoms with Crippen LogP contribution in [0.3, 0.4) is 0 Å². The van der Waals surface area contributed by atoms with Crippen LogP contribution in [-0.4, -0.2) is 25.9 Å². The van der Waals surface area contributed by atoms with Gasteiger partial charge in [-0.1, -0.05) is 43.6 Å². The van der Waals surface area contributed by atoms with Crippen molar-refractivity contribution in [2.45, 2.75) is 26.3 Å². The highest BCUT2D eigenvalue weighted by Gasteiger charge is 2.44. The van der Waals surface area contributed by atoms with E-state index in [2.05, 4.69) is 29.1 Å². The van der Waals surface area contributed by atoms with Gasteiger partial charge in [-0.25, -0.2) is 0 Å². The second kappa shape index (κ2) is 6.29. The average Bonchev–Trinajstić information content (AvgIpc) is 3.25. The Morgan fingerprint density at radius 3 is 2.69 bits per heavy atom. The first-order chi connectivity index (χ1) is 12.5. The maximum atomic E-state index is 13.2. The van der Waals surface area contributed by atoms with Gasteiger partial charge in [-0.2, -0.15) is 10.2 Å². The fourth-order valence-electron chi connectivity index (χ4n) is 3.51. The van der Waals surface area contributed by atoms with Crippen molar-refractivity contribution in [3.8, 4) is 0 Å². The van der Waals surface area contributed by atoms with Crippen LogP contribution in [0.1, 0.15) is 47.2 Å². The molecule has 1 aliphatic heterocycles. The van der Waals surface area contributed by atoms with Crippen LogP contribution in [0.4, 0.5) is 5.82 Å². The number of amides is 1. The van der Waals surface area contributed by atoms with Crippen LogP contribution in [0.25, 0.3) is 0 Å². The van der Waals surface area contributed by atoms with E-state index >= 15 is 0 Å².